The Morgan fingerprint density at radius 3 is 2.50 bits per heavy atom. The lowest BCUT2D eigenvalue weighted by molar-refractivity contribution is -0.700. The van der Waals surface area contributed by atoms with Crippen LogP contribution in [0.15, 0.2) is 23.4 Å². The lowest BCUT2D eigenvalue weighted by Gasteiger charge is -2.23. The number of nitrogens with zero attached hydrogens (tertiary/aromatic N) is 2. The molecule has 2 aliphatic rings. The highest BCUT2D eigenvalue weighted by molar-refractivity contribution is 5.64. The lowest BCUT2D eigenvalue weighted by Crippen LogP contribution is -2.39. The molecule has 0 saturated carbocycles. The van der Waals surface area contributed by atoms with Gasteiger partial charge in [-0.2, -0.15) is 5.01 Å². The highest BCUT2D eigenvalue weighted by Crippen LogP contribution is 2.31. The van der Waals surface area contributed by atoms with Crippen molar-refractivity contribution in [2.75, 3.05) is 7.05 Å². The van der Waals surface area contributed by atoms with Crippen LogP contribution in [0.2, 0.25) is 0 Å². The van der Waals surface area contributed by atoms with Crippen molar-refractivity contribution in [3.8, 4) is 0 Å². The third-order valence-electron chi connectivity index (χ3n) is 3.14. The molecule has 0 aromatic heterocycles. The van der Waals surface area contributed by atoms with Gasteiger partial charge in [0.2, 0.25) is 0 Å². The molecule has 3 N–H and O–H groups in total. The van der Waals surface area contributed by atoms with Gasteiger partial charge < -0.3 is 15.3 Å². The van der Waals surface area contributed by atoms with Gasteiger partial charge in [0.25, 0.3) is 0 Å². The van der Waals surface area contributed by atoms with Crippen molar-refractivity contribution in [3.63, 3.8) is 0 Å². The second-order valence-corrected chi connectivity index (χ2v) is 4.50. The standard InChI is InChI=1S/C11H16N2O3/c1-6(2)13-5-7-8(12(13)3)4-9(14)11(16)10(7)15/h4-8H,1-3H3,(H2-,14,15,16)/p+1. The molecular formula is C11H17N2O3+. The van der Waals surface area contributed by atoms with E-state index in [4.69, 9.17) is 0 Å². The maximum absolute atomic E-state index is 9.78. The number of hydrogen-bond donors (Lipinski definition) is 3. The van der Waals surface area contributed by atoms with E-state index in [2.05, 4.69) is 0 Å². The Morgan fingerprint density at radius 1 is 1.31 bits per heavy atom. The van der Waals surface area contributed by atoms with E-state index in [9.17, 15) is 15.3 Å². The molecule has 0 amide bonds. The van der Waals surface area contributed by atoms with Gasteiger partial charge in [0.15, 0.2) is 29.5 Å². The first-order valence-corrected chi connectivity index (χ1v) is 5.32. The monoisotopic (exact) mass is 225 g/mol. The first-order valence-electron chi connectivity index (χ1n) is 5.32. The predicted octanol–water partition coefficient (Wildman–Crippen LogP) is 1.11. The van der Waals surface area contributed by atoms with E-state index in [0.717, 1.165) is 0 Å². The summed E-state index contributed by atoms with van der Waals surface area (Å²) >= 11 is 0. The second-order valence-electron chi connectivity index (χ2n) is 4.50. The minimum absolute atomic E-state index is 0.140. The van der Waals surface area contributed by atoms with Gasteiger partial charge in [-0.1, -0.05) is 0 Å². The summed E-state index contributed by atoms with van der Waals surface area (Å²) in [6.07, 6.45) is 3.42. The normalized spacial score (nSPS) is 29.4. The number of fused-ring (bicyclic) bond motifs is 1. The Balaban J connectivity index is 2.41. The van der Waals surface area contributed by atoms with Gasteiger partial charge in [0.1, 0.15) is 12.0 Å². The van der Waals surface area contributed by atoms with Crippen molar-refractivity contribution >= 4 is 6.21 Å². The average Bonchev–Trinajstić information content (AvgIpc) is 2.54. The minimum atomic E-state index is -0.420. The number of hydrazine groups is 1. The molecule has 5 heteroatoms. The maximum Gasteiger partial charge on any atom is 0.196 e. The van der Waals surface area contributed by atoms with E-state index >= 15 is 0 Å². The van der Waals surface area contributed by atoms with Crippen LogP contribution >= 0.6 is 0 Å². The van der Waals surface area contributed by atoms with Crippen LogP contribution in [-0.4, -0.2) is 50.4 Å². The summed E-state index contributed by atoms with van der Waals surface area (Å²) in [5, 5.41) is 30.6. The third kappa shape index (κ3) is 1.35. The van der Waals surface area contributed by atoms with Crippen LogP contribution < -0.4 is 0 Å². The predicted molar refractivity (Wildman–Crippen MR) is 59.5 cm³/mol. The Kier molecular flexibility index (Phi) is 2.33. The fourth-order valence-electron chi connectivity index (χ4n) is 2.25. The van der Waals surface area contributed by atoms with Gasteiger partial charge in [0, 0.05) is 0 Å². The van der Waals surface area contributed by atoms with Gasteiger partial charge >= 0.3 is 0 Å². The van der Waals surface area contributed by atoms with E-state index in [1.807, 2.05) is 36.8 Å². The Labute approximate surface area is 94.2 Å². The SMILES string of the molecule is CC(C)[N+]1=CC2C(O)=C(O)C(O)=CC2N1C. The Morgan fingerprint density at radius 2 is 1.94 bits per heavy atom. The lowest BCUT2D eigenvalue weighted by atomic mass is 9.93. The smallest absolute Gasteiger partial charge is 0.196 e. The Bertz CT molecular complexity index is 409. The van der Waals surface area contributed by atoms with Crippen LogP contribution in [0, 0.1) is 5.92 Å². The largest absolute Gasteiger partial charge is 0.507 e. The van der Waals surface area contributed by atoms with Crippen molar-refractivity contribution < 1.29 is 20.0 Å². The molecule has 0 bridgehead atoms. The summed E-state index contributed by atoms with van der Waals surface area (Å²) in [7, 11) is 1.89. The first kappa shape index (κ1) is 10.9. The molecule has 88 valence electrons. The number of aliphatic hydroxyl groups is 3. The van der Waals surface area contributed by atoms with Crippen LogP contribution in [0.5, 0.6) is 0 Å². The van der Waals surface area contributed by atoms with Gasteiger partial charge in [-0.25, -0.2) is 0 Å². The van der Waals surface area contributed by atoms with E-state index in [0.29, 0.717) is 0 Å². The fraction of sp³-hybridized carbons (Fsp3) is 0.545. The zero-order chi connectivity index (χ0) is 12.0. The van der Waals surface area contributed by atoms with Gasteiger partial charge in [-0.05, 0) is 19.9 Å². The zero-order valence-electron chi connectivity index (χ0n) is 9.62. The van der Waals surface area contributed by atoms with Gasteiger partial charge in [0.05, 0.1) is 7.05 Å². The molecule has 0 fully saturated rings. The molecule has 16 heavy (non-hydrogen) atoms. The van der Waals surface area contributed by atoms with E-state index in [-0.39, 0.29) is 29.5 Å². The van der Waals surface area contributed by atoms with Crippen molar-refractivity contribution in [2.45, 2.75) is 25.9 Å². The maximum atomic E-state index is 9.78. The number of hydrazone groups is 1. The first-order chi connectivity index (χ1) is 7.43. The highest BCUT2D eigenvalue weighted by atomic mass is 16.3. The molecule has 2 atom stereocenters. The van der Waals surface area contributed by atoms with Crippen molar-refractivity contribution in [1.29, 1.82) is 0 Å². The molecule has 1 aliphatic carbocycles. The molecule has 0 aromatic rings. The topological polar surface area (TPSA) is 66.9 Å². The third-order valence-corrected chi connectivity index (χ3v) is 3.14. The van der Waals surface area contributed by atoms with Crippen molar-refractivity contribution in [2.24, 2.45) is 5.92 Å². The van der Waals surface area contributed by atoms with Crippen LogP contribution in [0.3, 0.4) is 0 Å². The molecule has 5 nitrogen and oxygen atoms in total. The summed E-state index contributed by atoms with van der Waals surface area (Å²) in [5.41, 5.74) is 0. The minimum Gasteiger partial charge on any atom is -0.507 e. The van der Waals surface area contributed by atoms with E-state index in [1.54, 1.807) is 6.08 Å². The summed E-state index contributed by atoms with van der Waals surface area (Å²) < 4.78 is 1.98. The van der Waals surface area contributed by atoms with E-state index in [1.165, 1.54) is 0 Å². The van der Waals surface area contributed by atoms with Gasteiger partial charge in [-0.3, -0.25) is 0 Å². The van der Waals surface area contributed by atoms with Crippen molar-refractivity contribution in [3.05, 3.63) is 23.4 Å². The van der Waals surface area contributed by atoms with Crippen LogP contribution in [-0.2, 0) is 0 Å². The van der Waals surface area contributed by atoms with Crippen LogP contribution in [0.4, 0.5) is 0 Å². The fourth-order valence-corrected chi connectivity index (χ4v) is 2.25. The molecule has 0 aromatic carbocycles. The molecule has 2 unspecified atom stereocenters. The van der Waals surface area contributed by atoms with Crippen molar-refractivity contribution in [1.82, 2.24) is 5.01 Å². The molecule has 0 radical (unpaired) electrons. The number of hydrogen-bond acceptors (Lipinski definition) is 4. The molecule has 0 spiro atoms. The summed E-state index contributed by atoms with van der Waals surface area (Å²) in [6, 6.07) is 0.124. The van der Waals surface area contributed by atoms with E-state index < -0.39 is 5.76 Å². The summed E-state index contributed by atoms with van der Waals surface area (Å²) in [5.74, 6) is -1.13. The molecule has 1 heterocycles. The number of likely N-dealkylation sites (N-methyl/N-ethyl adjacent to an activating group) is 1. The summed E-state index contributed by atoms with van der Waals surface area (Å²) in [6.45, 7) is 4.07. The molecule has 2 rings (SSSR count). The highest BCUT2D eigenvalue weighted by Gasteiger charge is 2.45. The molecular weight excluding hydrogens is 208 g/mol. The molecule has 1 aliphatic heterocycles. The van der Waals surface area contributed by atoms with Crippen LogP contribution in [0.1, 0.15) is 13.8 Å². The second kappa shape index (κ2) is 3.43. The quantitative estimate of drug-likeness (QED) is 0.585. The summed E-state index contributed by atoms with van der Waals surface area (Å²) in [4.78, 5) is 0. The van der Waals surface area contributed by atoms with Crippen LogP contribution in [0.25, 0.3) is 0 Å². The average molecular weight is 225 g/mol. The van der Waals surface area contributed by atoms with Gasteiger partial charge in [-0.15, -0.1) is 4.68 Å². The zero-order valence-corrected chi connectivity index (χ0v) is 9.62. The molecule has 0 saturated heterocycles. The number of aliphatic hydroxyl groups excluding tert-OH is 3. The number of rotatable bonds is 1. The Hall–Kier alpha value is -1.65.